The number of anilines is 1. The third kappa shape index (κ3) is 4.71. The summed E-state index contributed by atoms with van der Waals surface area (Å²) in [6, 6.07) is 4.55. The summed E-state index contributed by atoms with van der Waals surface area (Å²) in [6.07, 6.45) is 0. The molecule has 0 heterocycles. The first-order chi connectivity index (χ1) is 9.45. The molecule has 2 N–H and O–H groups in total. The zero-order valence-corrected chi connectivity index (χ0v) is 12.1. The zero-order chi connectivity index (χ0) is 15.1. The van der Waals surface area contributed by atoms with Crippen LogP contribution in [0, 0.1) is 0 Å². The van der Waals surface area contributed by atoms with Gasteiger partial charge < -0.3 is 20.1 Å². The van der Waals surface area contributed by atoms with Crippen molar-refractivity contribution in [2.24, 2.45) is 0 Å². The molecule has 0 aliphatic heterocycles. The number of ether oxygens (including phenoxy) is 1. The monoisotopic (exact) mass is 300 g/mol. The number of aromatic carboxylic acids is 1. The van der Waals surface area contributed by atoms with Crippen LogP contribution in [0.1, 0.15) is 10.4 Å². The maximum atomic E-state index is 11.6. The van der Waals surface area contributed by atoms with E-state index >= 15 is 0 Å². The second-order valence-corrected chi connectivity index (χ2v) is 4.58. The Hall–Kier alpha value is -1.79. The van der Waals surface area contributed by atoms with Crippen LogP contribution in [-0.4, -0.2) is 50.8 Å². The molecule has 0 aliphatic rings. The van der Waals surface area contributed by atoms with Crippen LogP contribution in [0.2, 0.25) is 5.02 Å². The van der Waals surface area contributed by atoms with E-state index in [1.54, 1.807) is 25.1 Å². The van der Waals surface area contributed by atoms with Crippen LogP contribution >= 0.6 is 11.6 Å². The van der Waals surface area contributed by atoms with Gasteiger partial charge in [0.1, 0.15) is 0 Å². The Morgan fingerprint density at radius 2 is 2.15 bits per heavy atom. The molecule has 1 aromatic carbocycles. The third-order valence-electron chi connectivity index (χ3n) is 2.63. The van der Waals surface area contributed by atoms with Crippen LogP contribution in [0.4, 0.5) is 5.69 Å². The van der Waals surface area contributed by atoms with Gasteiger partial charge in [-0.25, -0.2) is 4.79 Å². The predicted molar refractivity (Wildman–Crippen MR) is 76.6 cm³/mol. The molecule has 0 aliphatic carbocycles. The quantitative estimate of drug-likeness (QED) is 0.741. The maximum absolute atomic E-state index is 11.6. The van der Waals surface area contributed by atoms with Crippen LogP contribution in [0.3, 0.4) is 0 Å². The number of carboxylic acid groups (broad SMARTS) is 1. The molecule has 6 nitrogen and oxygen atoms in total. The van der Waals surface area contributed by atoms with Gasteiger partial charge in [0.15, 0.2) is 0 Å². The van der Waals surface area contributed by atoms with Gasteiger partial charge >= 0.3 is 5.97 Å². The van der Waals surface area contributed by atoms with Crippen molar-refractivity contribution in [2.75, 3.05) is 38.8 Å². The second-order valence-electron chi connectivity index (χ2n) is 4.17. The minimum Gasteiger partial charge on any atom is -0.478 e. The number of likely N-dealkylation sites (N-methyl/N-ethyl adjacent to an activating group) is 1. The Bertz CT molecular complexity index is 493. The normalized spacial score (nSPS) is 10.2. The molecule has 0 bridgehead atoms. The Balaban J connectivity index is 2.63. The molecule has 0 spiro atoms. The van der Waals surface area contributed by atoms with Gasteiger partial charge in [-0.15, -0.1) is 0 Å². The van der Waals surface area contributed by atoms with Gasteiger partial charge in [0.25, 0.3) is 0 Å². The molecule has 7 heteroatoms. The highest BCUT2D eigenvalue weighted by Gasteiger charge is 2.12. The number of nitrogens with one attached hydrogen (secondary N) is 1. The number of hydrogen-bond donors (Lipinski definition) is 2. The van der Waals surface area contributed by atoms with Gasteiger partial charge in [-0.3, -0.25) is 4.79 Å². The van der Waals surface area contributed by atoms with E-state index < -0.39 is 5.97 Å². The van der Waals surface area contributed by atoms with E-state index in [1.165, 1.54) is 12.1 Å². The van der Waals surface area contributed by atoms with E-state index in [4.69, 9.17) is 21.4 Å². The number of carboxylic acids is 1. The summed E-state index contributed by atoms with van der Waals surface area (Å²) in [7, 11) is 3.28. The molecule has 0 saturated carbocycles. The Labute approximate surface area is 122 Å². The van der Waals surface area contributed by atoms with E-state index in [9.17, 15) is 9.59 Å². The van der Waals surface area contributed by atoms with Gasteiger partial charge in [-0.1, -0.05) is 11.6 Å². The molecule has 1 amide bonds. The third-order valence-corrected chi connectivity index (χ3v) is 2.95. The molecular formula is C13H17ClN2O4. The molecule has 0 aromatic heterocycles. The first-order valence-corrected chi connectivity index (χ1v) is 6.33. The van der Waals surface area contributed by atoms with Gasteiger partial charge in [-0.05, 0) is 18.2 Å². The molecular weight excluding hydrogens is 284 g/mol. The van der Waals surface area contributed by atoms with Crippen LogP contribution in [-0.2, 0) is 9.53 Å². The molecule has 0 saturated heterocycles. The van der Waals surface area contributed by atoms with Crippen molar-refractivity contribution in [3.05, 3.63) is 28.8 Å². The maximum Gasteiger partial charge on any atom is 0.337 e. The van der Waals surface area contributed by atoms with E-state index in [-0.39, 0.29) is 23.0 Å². The molecule has 0 radical (unpaired) electrons. The summed E-state index contributed by atoms with van der Waals surface area (Å²) >= 11 is 5.88. The first kappa shape index (κ1) is 16.3. The van der Waals surface area contributed by atoms with Gasteiger partial charge in [0.2, 0.25) is 5.91 Å². The lowest BCUT2D eigenvalue weighted by molar-refractivity contribution is -0.119. The van der Waals surface area contributed by atoms with E-state index in [1.807, 2.05) is 0 Å². The summed E-state index contributed by atoms with van der Waals surface area (Å²) in [5.41, 5.74) is 0.704. The predicted octanol–water partition coefficient (Wildman–Crippen LogP) is 1.24. The highest BCUT2D eigenvalue weighted by molar-refractivity contribution is 6.33. The lowest BCUT2D eigenvalue weighted by atomic mass is 10.2. The average Bonchev–Trinajstić information content (AvgIpc) is 2.38. The lowest BCUT2D eigenvalue weighted by Crippen LogP contribution is -2.36. The van der Waals surface area contributed by atoms with Gasteiger partial charge in [0.05, 0.1) is 23.7 Å². The highest BCUT2D eigenvalue weighted by Crippen LogP contribution is 2.23. The smallest absolute Gasteiger partial charge is 0.337 e. The molecule has 1 aromatic rings. The number of hydrogen-bond acceptors (Lipinski definition) is 4. The Morgan fingerprint density at radius 1 is 1.45 bits per heavy atom. The molecule has 0 atom stereocenters. The van der Waals surface area contributed by atoms with Crippen LogP contribution in [0.15, 0.2) is 18.2 Å². The van der Waals surface area contributed by atoms with Crippen molar-refractivity contribution >= 4 is 29.2 Å². The van der Waals surface area contributed by atoms with Crippen LogP contribution < -0.4 is 10.2 Å². The molecule has 20 heavy (non-hydrogen) atoms. The minimum absolute atomic E-state index is 0.0355. The second kappa shape index (κ2) is 7.72. The van der Waals surface area contributed by atoms with Crippen LogP contribution in [0.25, 0.3) is 0 Å². The summed E-state index contributed by atoms with van der Waals surface area (Å²) in [4.78, 5) is 24.2. The summed E-state index contributed by atoms with van der Waals surface area (Å²) in [5, 5.41) is 11.7. The Kier molecular flexibility index (Phi) is 6.27. The van der Waals surface area contributed by atoms with E-state index in [0.717, 1.165) is 0 Å². The fraction of sp³-hybridized carbons (Fsp3) is 0.385. The van der Waals surface area contributed by atoms with Crippen molar-refractivity contribution in [2.45, 2.75) is 0 Å². The molecule has 110 valence electrons. The van der Waals surface area contributed by atoms with Gasteiger partial charge in [0, 0.05) is 26.4 Å². The molecule has 1 rings (SSSR count). The Morgan fingerprint density at radius 3 is 2.70 bits per heavy atom. The van der Waals surface area contributed by atoms with Crippen molar-refractivity contribution in [3.8, 4) is 0 Å². The van der Waals surface area contributed by atoms with E-state index in [2.05, 4.69) is 5.32 Å². The standard InChI is InChI=1S/C13H17ClN2O4/c1-16(8-12(17)15-5-6-20-2)9-3-4-10(13(18)19)11(14)7-9/h3-4,7H,5-6,8H2,1-2H3,(H,15,17)(H,18,19). The fourth-order valence-electron chi connectivity index (χ4n) is 1.57. The number of carbonyl (C=O) groups is 2. The van der Waals surface area contributed by atoms with Gasteiger partial charge in [-0.2, -0.15) is 0 Å². The number of nitrogens with zero attached hydrogens (tertiary/aromatic N) is 1. The van der Waals surface area contributed by atoms with Crippen molar-refractivity contribution in [1.82, 2.24) is 5.32 Å². The summed E-state index contributed by atoms with van der Waals surface area (Å²) in [5.74, 6) is -1.23. The molecule has 0 unspecified atom stereocenters. The number of carbonyl (C=O) groups excluding carboxylic acids is 1. The average molecular weight is 301 g/mol. The highest BCUT2D eigenvalue weighted by atomic mass is 35.5. The van der Waals surface area contributed by atoms with Crippen molar-refractivity contribution in [3.63, 3.8) is 0 Å². The minimum atomic E-state index is -1.08. The van der Waals surface area contributed by atoms with Crippen LogP contribution in [0.5, 0.6) is 0 Å². The first-order valence-electron chi connectivity index (χ1n) is 5.95. The number of rotatable bonds is 7. The SMILES string of the molecule is COCCNC(=O)CN(C)c1ccc(C(=O)O)c(Cl)c1. The summed E-state index contributed by atoms with van der Waals surface area (Å²) < 4.78 is 4.83. The number of halogens is 1. The van der Waals surface area contributed by atoms with Crippen molar-refractivity contribution < 1.29 is 19.4 Å². The number of methoxy groups -OCH3 is 1. The largest absolute Gasteiger partial charge is 0.478 e. The zero-order valence-electron chi connectivity index (χ0n) is 11.4. The lowest BCUT2D eigenvalue weighted by Gasteiger charge is -2.19. The molecule has 0 fully saturated rings. The fourth-order valence-corrected chi connectivity index (χ4v) is 1.83. The number of amides is 1. The summed E-state index contributed by atoms with van der Waals surface area (Å²) in [6.45, 7) is 1.04. The van der Waals surface area contributed by atoms with E-state index in [0.29, 0.717) is 18.8 Å². The topological polar surface area (TPSA) is 78.9 Å². The van der Waals surface area contributed by atoms with Crippen molar-refractivity contribution in [1.29, 1.82) is 0 Å². The number of benzene rings is 1.